The van der Waals surface area contributed by atoms with Gasteiger partial charge in [-0.3, -0.25) is 0 Å². The molecule has 0 bridgehead atoms. The Morgan fingerprint density at radius 1 is 1.00 bits per heavy atom. The number of phenols is 1. The van der Waals surface area contributed by atoms with Gasteiger partial charge in [0.1, 0.15) is 5.75 Å². The molecule has 44 valence electrons. The number of para-hydroxylation sites is 1. The van der Waals surface area contributed by atoms with Crippen LogP contribution in [-0.4, -0.2) is 28.2 Å². The molecular formula is C6H6ClMgO+. The van der Waals surface area contributed by atoms with Crippen molar-refractivity contribution in [3.63, 3.8) is 0 Å². The first-order valence-electron chi connectivity index (χ1n) is 2.13. The second kappa shape index (κ2) is 6.20. The summed E-state index contributed by atoms with van der Waals surface area (Å²) in [4.78, 5) is 0. The van der Waals surface area contributed by atoms with Crippen molar-refractivity contribution in [2.75, 3.05) is 0 Å². The molecule has 0 aliphatic rings. The van der Waals surface area contributed by atoms with Gasteiger partial charge in [-0.1, -0.05) is 18.2 Å². The molecule has 0 saturated heterocycles. The van der Waals surface area contributed by atoms with Crippen molar-refractivity contribution in [1.82, 2.24) is 0 Å². The van der Waals surface area contributed by atoms with Gasteiger partial charge < -0.3 is 17.5 Å². The Kier molecular flexibility index (Phi) is 8.14. The van der Waals surface area contributed by atoms with Crippen molar-refractivity contribution in [3.8, 4) is 5.75 Å². The SMILES string of the molecule is Oc1ccccc1.[Cl-].[Mg+2]. The van der Waals surface area contributed by atoms with E-state index in [1.807, 2.05) is 6.07 Å². The first-order chi connectivity index (χ1) is 3.39. The molecule has 0 amide bonds. The minimum atomic E-state index is 0. The maximum Gasteiger partial charge on any atom is 2.00 e. The molecule has 0 fully saturated rings. The number of hydrogen-bond acceptors (Lipinski definition) is 1. The van der Waals surface area contributed by atoms with E-state index in [2.05, 4.69) is 0 Å². The van der Waals surface area contributed by atoms with Crippen molar-refractivity contribution >= 4 is 23.1 Å². The van der Waals surface area contributed by atoms with Gasteiger partial charge in [-0.05, 0) is 12.1 Å². The summed E-state index contributed by atoms with van der Waals surface area (Å²) in [5.74, 6) is 0.322. The van der Waals surface area contributed by atoms with Gasteiger partial charge in [0, 0.05) is 0 Å². The van der Waals surface area contributed by atoms with Gasteiger partial charge in [0.05, 0.1) is 0 Å². The van der Waals surface area contributed by atoms with Crippen LogP contribution >= 0.6 is 0 Å². The zero-order chi connectivity index (χ0) is 5.11. The van der Waals surface area contributed by atoms with E-state index in [4.69, 9.17) is 5.11 Å². The standard InChI is InChI=1S/C6H6O.ClH.Mg/c7-6-4-2-1-3-5-6;;/h1-5,7H;1H;/q;;+2/p-1. The van der Waals surface area contributed by atoms with Crippen molar-refractivity contribution in [3.05, 3.63) is 30.3 Å². The topological polar surface area (TPSA) is 20.2 Å². The van der Waals surface area contributed by atoms with E-state index in [9.17, 15) is 0 Å². The van der Waals surface area contributed by atoms with Crippen LogP contribution < -0.4 is 12.4 Å². The Balaban J connectivity index is 0. The fraction of sp³-hybridized carbons (Fsp3) is 0. The largest absolute Gasteiger partial charge is 2.00 e. The van der Waals surface area contributed by atoms with Crippen LogP contribution in [0, 0.1) is 0 Å². The summed E-state index contributed by atoms with van der Waals surface area (Å²) in [7, 11) is 0. The summed E-state index contributed by atoms with van der Waals surface area (Å²) in [5.41, 5.74) is 0. The molecule has 0 radical (unpaired) electrons. The summed E-state index contributed by atoms with van der Waals surface area (Å²) < 4.78 is 0. The van der Waals surface area contributed by atoms with Crippen molar-refractivity contribution in [2.24, 2.45) is 0 Å². The predicted octanol–water partition coefficient (Wildman–Crippen LogP) is -1.98. The fourth-order valence-corrected chi connectivity index (χ4v) is 0.428. The summed E-state index contributed by atoms with van der Waals surface area (Å²) in [6.07, 6.45) is 0. The summed E-state index contributed by atoms with van der Waals surface area (Å²) in [6.45, 7) is 0. The van der Waals surface area contributed by atoms with Crippen LogP contribution in [0.1, 0.15) is 0 Å². The van der Waals surface area contributed by atoms with Crippen LogP contribution in [0.4, 0.5) is 0 Å². The third kappa shape index (κ3) is 4.57. The van der Waals surface area contributed by atoms with Crippen LogP contribution in [-0.2, 0) is 0 Å². The maximum atomic E-state index is 8.63. The van der Waals surface area contributed by atoms with Gasteiger partial charge in [0.2, 0.25) is 0 Å². The van der Waals surface area contributed by atoms with Crippen molar-refractivity contribution in [2.45, 2.75) is 0 Å². The van der Waals surface area contributed by atoms with E-state index >= 15 is 0 Å². The molecule has 1 N–H and O–H groups in total. The number of aromatic hydroxyl groups is 1. The van der Waals surface area contributed by atoms with Crippen LogP contribution in [0.5, 0.6) is 5.75 Å². The summed E-state index contributed by atoms with van der Waals surface area (Å²) in [6, 6.07) is 8.71. The minimum absolute atomic E-state index is 0. The Morgan fingerprint density at radius 3 is 1.67 bits per heavy atom. The molecule has 0 unspecified atom stereocenters. The van der Waals surface area contributed by atoms with E-state index in [1.165, 1.54) is 0 Å². The molecule has 0 saturated carbocycles. The van der Waals surface area contributed by atoms with Crippen LogP contribution in [0.2, 0.25) is 0 Å². The van der Waals surface area contributed by atoms with Gasteiger partial charge in [0.15, 0.2) is 0 Å². The fourth-order valence-electron chi connectivity index (χ4n) is 0.428. The van der Waals surface area contributed by atoms with Crippen LogP contribution in [0.3, 0.4) is 0 Å². The van der Waals surface area contributed by atoms with E-state index in [1.54, 1.807) is 24.3 Å². The average Bonchev–Trinajstić information content (AvgIpc) is 1.69. The molecule has 0 spiro atoms. The smallest absolute Gasteiger partial charge is 1.00 e. The quantitative estimate of drug-likeness (QED) is 0.429. The normalized spacial score (nSPS) is 6.67. The van der Waals surface area contributed by atoms with Crippen molar-refractivity contribution < 1.29 is 17.5 Å². The van der Waals surface area contributed by atoms with Crippen LogP contribution in [0.15, 0.2) is 30.3 Å². The molecule has 1 nitrogen and oxygen atoms in total. The molecular weight excluding hydrogens is 148 g/mol. The Bertz CT molecular complexity index is 143. The van der Waals surface area contributed by atoms with Gasteiger partial charge in [-0.25, -0.2) is 0 Å². The molecule has 0 aliphatic carbocycles. The molecule has 1 rings (SSSR count). The average molecular weight is 154 g/mol. The molecule has 0 aromatic heterocycles. The van der Waals surface area contributed by atoms with E-state index in [0.29, 0.717) is 5.75 Å². The molecule has 1 aromatic carbocycles. The molecule has 3 heteroatoms. The molecule has 9 heavy (non-hydrogen) atoms. The van der Waals surface area contributed by atoms with Gasteiger partial charge in [-0.15, -0.1) is 0 Å². The van der Waals surface area contributed by atoms with Crippen molar-refractivity contribution in [1.29, 1.82) is 0 Å². The summed E-state index contributed by atoms with van der Waals surface area (Å²) >= 11 is 0. The number of hydrogen-bond donors (Lipinski definition) is 1. The third-order valence-corrected chi connectivity index (χ3v) is 0.756. The monoisotopic (exact) mass is 153 g/mol. The van der Waals surface area contributed by atoms with Gasteiger partial charge in [-0.2, -0.15) is 0 Å². The van der Waals surface area contributed by atoms with Gasteiger partial charge in [0.25, 0.3) is 0 Å². The molecule has 0 aliphatic heterocycles. The Labute approximate surface area is 76.6 Å². The first kappa shape index (κ1) is 11.8. The zero-order valence-corrected chi connectivity index (χ0v) is 7.09. The number of phenolic OH excluding ortho intramolecular Hbond substituents is 1. The van der Waals surface area contributed by atoms with Gasteiger partial charge >= 0.3 is 23.1 Å². The number of benzene rings is 1. The molecule has 1 aromatic rings. The zero-order valence-electron chi connectivity index (χ0n) is 4.92. The Morgan fingerprint density at radius 2 is 1.44 bits per heavy atom. The Hall–Kier alpha value is 0.0762. The molecule has 0 heterocycles. The summed E-state index contributed by atoms with van der Waals surface area (Å²) in [5, 5.41) is 8.63. The minimum Gasteiger partial charge on any atom is -1.00 e. The van der Waals surface area contributed by atoms with Crippen LogP contribution in [0.25, 0.3) is 0 Å². The second-order valence-electron chi connectivity index (χ2n) is 1.34. The van der Waals surface area contributed by atoms with E-state index in [0.717, 1.165) is 0 Å². The van der Waals surface area contributed by atoms with E-state index < -0.39 is 0 Å². The third-order valence-electron chi connectivity index (χ3n) is 0.756. The predicted molar refractivity (Wildman–Crippen MR) is 33.9 cm³/mol. The maximum absolute atomic E-state index is 8.63. The first-order valence-corrected chi connectivity index (χ1v) is 2.13. The molecule has 0 atom stereocenters. The number of rotatable bonds is 0. The van der Waals surface area contributed by atoms with E-state index in [-0.39, 0.29) is 35.5 Å². The number of halogens is 1. The second-order valence-corrected chi connectivity index (χ2v) is 1.34.